The molecule has 0 bridgehead atoms. The molecule has 1 saturated carbocycles. The molecule has 1 saturated heterocycles. The molecular weight excluding hydrogens is 362 g/mol. The van der Waals surface area contributed by atoms with Crippen LogP contribution in [0.5, 0.6) is 0 Å². The lowest BCUT2D eigenvalue weighted by molar-refractivity contribution is -0.115. The zero-order valence-electron chi connectivity index (χ0n) is 17.6. The first-order valence-corrected chi connectivity index (χ1v) is 11.1. The number of para-hydroxylation sites is 1. The first-order chi connectivity index (χ1) is 14.0. The third-order valence-electron chi connectivity index (χ3n) is 7.25. The second kappa shape index (κ2) is 8.31. The van der Waals surface area contributed by atoms with E-state index < -0.39 is 5.91 Å². The average molecular weight is 396 g/mol. The number of fused-ring (bicyclic) bond motifs is 1. The Bertz CT molecular complexity index is 800. The van der Waals surface area contributed by atoms with Crippen molar-refractivity contribution < 1.29 is 9.59 Å². The highest BCUT2D eigenvalue weighted by Crippen LogP contribution is 2.40. The summed E-state index contributed by atoms with van der Waals surface area (Å²) in [6.45, 7) is 6.79. The molecular formula is C24H33N3O2. The van der Waals surface area contributed by atoms with Gasteiger partial charge in [-0.1, -0.05) is 32.0 Å². The number of rotatable bonds is 4. The molecule has 0 spiro atoms. The Labute approximate surface area is 173 Å². The summed E-state index contributed by atoms with van der Waals surface area (Å²) in [5.74, 6) is 1.03. The molecule has 0 aromatic heterocycles. The molecule has 29 heavy (non-hydrogen) atoms. The standard InChI is InChI=1S/C24H33N3O2/c1-16(2)17-7-9-18(10-8-17)26-13-11-19(12-14-26)27-22-6-4-3-5-20(22)21(24(27)29)15-23(25)28/h3-6,15-19H,7-14H2,1-2H3,(H2,25,28)/b21-15-. The second-order valence-corrected chi connectivity index (χ2v) is 9.23. The Balaban J connectivity index is 1.43. The van der Waals surface area contributed by atoms with Gasteiger partial charge in [-0.15, -0.1) is 0 Å². The van der Waals surface area contributed by atoms with Gasteiger partial charge in [0.05, 0.1) is 11.3 Å². The summed E-state index contributed by atoms with van der Waals surface area (Å²) in [6.07, 6.45) is 8.56. The predicted octanol–water partition coefficient (Wildman–Crippen LogP) is 3.58. The highest BCUT2D eigenvalue weighted by atomic mass is 16.2. The molecule has 1 aromatic carbocycles. The summed E-state index contributed by atoms with van der Waals surface area (Å²) >= 11 is 0. The van der Waals surface area contributed by atoms with Crippen LogP contribution < -0.4 is 10.6 Å². The van der Waals surface area contributed by atoms with Gasteiger partial charge in [-0.2, -0.15) is 0 Å². The Kier molecular flexibility index (Phi) is 5.77. The molecule has 2 fully saturated rings. The summed E-state index contributed by atoms with van der Waals surface area (Å²) in [5.41, 5.74) is 7.53. The molecule has 156 valence electrons. The van der Waals surface area contributed by atoms with E-state index in [-0.39, 0.29) is 11.9 Å². The zero-order chi connectivity index (χ0) is 20.5. The van der Waals surface area contributed by atoms with E-state index in [1.165, 1.54) is 31.8 Å². The van der Waals surface area contributed by atoms with Crippen molar-refractivity contribution in [1.82, 2.24) is 4.90 Å². The number of hydrogen-bond acceptors (Lipinski definition) is 3. The number of likely N-dealkylation sites (tertiary alicyclic amines) is 1. The van der Waals surface area contributed by atoms with Crippen LogP contribution in [0.15, 0.2) is 30.3 Å². The summed E-state index contributed by atoms with van der Waals surface area (Å²) in [6, 6.07) is 8.64. The van der Waals surface area contributed by atoms with E-state index in [1.807, 2.05) is 29.2 Å². The number of piperidine rings is 1. The van der Waals surface area contributed by atoms with Crippen molar-refractivity contribution >= 4 is 23.1 Å². The van der Waals surface area contributed by atoms with Gasteiger partial charge in [0.2, 0.25) is 5.91 Å². The number of carbonyl (C=O) groups is 2. The maximum absolute atomic E-state index is 13.1. The number of nitrogens with two attached hydrogens (primary N) is 1. The van der Waals surface area contributed by atoms with Gasteiger partial charge in [-0.25, -0.2) is 0 Å². The van der Waals surface area contributed by atoms with Gasteiger partial charge in [0.1, 0.15) is 0 Å². The Hall–Kier alpha value is -2.14. The van der Waals surface area contributed by atoms with Crippen molar-refractivity contribution in [3.8, 4) is 0 Å². The molecule has 1 aromatic rings. The lowest BCUT2D eigenvalue weighted by Crippen LogP contribution is -2.49. The fourth-order valence-electron chi connectivity index (χ4n) is 5.55. The highest BCUT2D eigenvalue weighted by Gasteiger charge is 2.39. The number of nitrogens with zero attached hydrogens (tertiary/aromatic N) is 2. The number of amides is 2. The molecule has 2 amide bonds. The molecule has 0 radical (unpaired) electrons. The minimum absolute atomic E-state index is 0.0825. The molecule has 2 heterocycles. The fourth-order valence-corrected chi connectivity index (χ4v) is 5.55. The van der Waals surface area contributed by atoms with Crippen LogP contribution in [-0.2, 0) is 9.59 Å². The van der Waals surface area contributed by atoms with E-state index in [0.29, 0.717) is 11.6 Å². The van der Waals surface area contributed by atoms with E-state index in [4.69, 9.17) is 5.73 Å². The Morgan fingerprint density at radius 3 is 2.31 bits per heavy atom. The van der Waals surface area contributed by atoms with Gasteiger partial charge in [-0.05, 0) is 56.4 Å². The number of primary amides is 1. The molecule has 5 heteroatoms. The smallest absolute Gasteiger partial charge is 0.259 e. The van der Waals surface area contributed by atoms with Crippen molar-refractivity contribution in [3.63, 3.8) is 0 Å². The number of carbonyl (C=O) groups excluding carboxylic acids is 2. The van der Waals surface area contributed by atoms with E-state index >= 15 is 0 Å². The van der Waals surface area contributed by atoms with Crippen molar-refractivity contribution in [2.24, 2.45) is 17.6 Å². The Morgan fingerprint density at radius 1 is 1.03 bits per heavy atom. The van der Waals surface area contributed by atoms with Crippen LogP contribution in [0, 0.1) is 11.8 Å². The lowest BCUT2D eigenvalue weighted by Gasteiger charge is -2.43. The quantitative estimate of drug-likeness (QED) is 0.793. The number of benzene rings is 1. The van der Waals surface area contributed by atoms with Gasteiger partial charge >= 0.3 is 0 Å². The number of anilines is 1. The van der Waals surface area contributed by atoms with Crippen molar-refractivity contribution in [3.05, 3.63) is 35.9 Å². The first kappa shape index (κ1) is 20.1. The molecule has 0 atom stereocenters. The van der Waals surface area contributed by atoms with Crippen molar-refractivity contribution in [2.75, 3.05) is 18.0 Å². The third-order valence-corrected chi connectivity index (χ3v) is 7.25. The van der Waals surface area contributed by atoms with Crippen LogP contribution in [-0.4, -0.2) is 41.9 Å². The molecule has 1 aliphatic carbocycles. The van der Waals surface area contributed by atoms with E-state index in [0.717, 1.165) is 49.0 Å². The van der Waals surface area contributed by atoms with E-state index in [1.54, 1.807) is 0 Å². The van der Waals surface area contributed by atoms with Crippen molar-refractivity contribution in [1.29, 1.82) is 0 Å². The highest BCUT2D eigenvalue weighted by molar-refractivity contribution is 6.35. The maximum atomic E-state index is 13.1. The van der Waals surface area contributed by atoms with Gasteiger partial charge in [-0.3, -0.25) is 9.59 Å². The van der Waals surface area contributed by atoms with Gasteiger partial charge in [0, 0.05) is 36.8 Å². The first-order valence-electron chi connectivity index (χ1n) is 11.1. The summed E-state index contributed by atoms with van der Waals surface area (Å²) in [4.78, 5) is 29.1. The summed E-state index contributed by atoms with van der Waals surface area (Å²) in [7, 11) is 0. The van der Waals surface area contributed by atoms with Crippen LogP contribution in [0.3, 0.4) is 0 Å². The minimum Gasteiger partial charge on any atom is -0.366 e. The van der Waals surface area contributed by atoms with Crippen LogP contribution in [0.4, 0.5) is 5.69 Å². The largest absolute Gasteiger partial charge is 0.366 e. The molecule has 2 aliphatic heterocycles. The molecule has 2 N–H and O–H groups in total. The van der Waals surface area contributed by atoms with Gasteiger partial charge in [0.25, 0.3) is 5.91 Å². The third kappa shape index (κ3) is 3.97. The predicted molar refractivity (Wildman–Crippen MR) is 116 cm³/mol. The average Bonchev–Trinajstić information content (AvgIpc) is 2.99. The molecule has 0 unspecified atom stereocenters. The van der Waals surface area contributed by atoms with E-state index in [9.17, 15) is 9.59 Å². The zero-order valence-corrected chi connectivity index (χ0v) is 17.6. The van der Waals surface area contributed by atoms with Crippen LogP contribution in [0.25, 0.3) is 5.57 Å². The maximum Gasteiger partial charge on any atom is 0.259 e. The van der Waals surface area contributed by atoms with Crippen LogP contribution >= 0.6 is 0 Å². The summed E-state index contributed by atoms with van der Waals surface area (Å²) in [5, 5.41) is 0. The van der Waals surface area contributed by atoms with Crippen LogP contribution in [0.2, 0.25) is 0 Å². The fraction of sp³-hybridized carbons (Fsp3) is 0.583. The Morgan fingerprint density at radius 2 is 1.69 bits per heavy atom. The molecule has 3 aliphatic rings. The van der Waals surface area contributed by atoms with E-state index in [2.05, 4.69) is 18.7 Å². The minimum atomic E-state index is -0.572. The molecule has 5 nitrogen and oxygen atoms in total. The number of hydrogen-bond donors (Lipinski definition) is 1. The van der Waals surface area contributed by atoms with Gasteiger partial charge < -0.3 is 15.5 Å². The SMILES string of the molecule is CC(C)C1CCC(N2CCC(N3C(=O)/C(=C\C(N)=O)c4ccccc43)CC2)CC1. The van der Waals surface area contributed by atoms with Gasteiger partial charge in [0.15, 0.2) is 0 Å². The van der Waals surface area contributed by atoms with Crippen LogP contribution in [0.1, 0.15) is 57.9 Å². The monoisotopic (exact) mass is 395 g/mol. The normalized spacial score (nSPS) is 27.6. The topological polar surface area (TPSA) is 66.6 Å². The molecule has 4 rings (SSSR count). The van der Waals surface area contributed by atoms with Crippen molar-refractivity contribution in [2.45, 2.75) is 64.5 Å². The lowest BCUT2D eigenvalue weighted by atomic mass is 9.79. The summed E-state index contributed by atoms with van der Waals surface area (Å²) < 4.78 is 0. The second-order valence-electron chi connectivity index (χ2n) is 9.23.